The van der Waals surface area contributed by atoms with Crippen molar-refractivity contribution in [3.8, 4) is 0 Å². The van der Waals surface area contributed by atoms with E-state index in [2.05, 4.69) is 13.8 Å². The summed E-state index contributed by atoms with van der Waals surface area (Å²) in [6, 6.07) is 0. The van der Waals surface area contributed by atoms with Crippen molar-refractivity contribution in [1.82, 2.24) is 0 Å². The molecule has 0 bridgehead atoms. The van der Waals surface area contributed by atoms with Crippen molar-refractivity contribution in [1.29, 1.82) is 0 Å². The Morgan fingerprint density at radius 1 is 1.08 bits per heavy atom. The van der Waals surface area contributed by atoms with E-state index in [1.165, 1.54) is 0 Å². The van der Waals surface area contributed by atoms with Crippen molar-refractivity contribution in [2.45, 2.75) is 39.2 Å². The summed E-state index contributed by atoms with van der Waals surface area (Å²) >= 11 is 0. The molecule has 0 saturated heterocycles. The average molecular weight is 175 g/mol. The van der Waals surface area contributed by atoms with Gasteiger partial charge in [-0.25, -0.2) is 0 Å². The molecular weight excluding hydrogens is 154 g/mol. The summed E-state index contributed by atoms with van der Waals surface area (Å²) in [4.78, 5) is 0. The van der Waals surface area contributed by atoms with Gasteiger partial charge in [0.15, 0.2) is 0 Å². The van der Waals surface area contributed by atoms with Crippen LogP contribution in [-0.4, -0.2) is 25.5 Å². The molecule has 3 heteroatoms. The molecule has 0 rings (SSSR count). The standard InChI is InChI=1S/C9H21NO2/c1-4-9(10,5-2)7-12-8-11-6-3/h4-8,10H2,1-3H3. The highest BCUT2D eigenvalue weighted by Crippen LogP contribution is 2.10. The minimum atomic E-state index is -0.170. The third-order valence-electron chi connectivity index (χ3n) is 2.17. The van der Waals surface area contributed by atoms with Crippen molar-refractivity contribution in [3.05, 3.63) is 0 Å². The predicted octanol–water partition coefficient (Wildman–Crippen LogP) is 1.51. The molecule has 0 aromatic carbocycles. The zero-order valence-corrected chi connectivity index (χ0v) is 8.43. The minimum Gasteiger partial charge on any atom is -0.356 e. The molecule has 0 aromatic heterocycles. The highest BCUT2D eigenvalue weighted by atomic mass is 16.7. The minimum absolute atomic E-state index is 0.170. The van der Waals surface area contributed by atoms with E-state index >= 15 is 0 Å². The van der Waals surface area contributed by atoms with Crippen LogP contribution in [0.5, 0.6) is 0 Å². The third kappa shape index (κ3) is 4.70. The maximum absolute atomic E-state index is 6.00. The normalized spacial score (nSPS) is 12.0. The molecule has 0 aliphatic rings. The Balaban J connectivity index is 3.45. The Morgan fingerprint density at radius 3 is 2.08 bits per heavy atom. The van der Waals surface area contributed by atoms with Crippen LogP contribution in [0.2, 0.25) is 0 Å². The van der Waals surface area contributed by atoms with Crippen molar-refractivity contribution in [2.24, 2.45) is 5.73 Å². The number of hydrogen-bond acceptors (Lipinski definition) is 3. The molecule has 74 valence electrons. The Morgan fingerprint density at radius 2 is 1.67 bits per heavy atom. The second-order valence-electron chi connectivity index (χ2n) is 3.03. The molecule has 2 N–H and O–H groups in total. The van der Waals surface area contributed by atoms with E-state index in [1.807, 2.05) is 6.92 Å². The molecule has 0 spiro atoms. The van der Waals surface area contributed by atoms with Crippen LogP contribution >= 0.6 is 0 Å². The van der Waals surface area contributed by atoms with Crippen LogP contribution in [0, 0.1) is 0 Å². The van der Waals surface area contributed by atoms with Gasteiger partial charge in [0.2, 0.25) is 0 Å². The van der Waals surface area contributed by atoms with Gasteiger partial charge in [-0.05, 0) is 19.8 Å². The maximum Gasteiger partial charge on any atom is 0.146 e. The van der Waals surface area contributed by atoms with Gasteiger partial charge in [0, 0.05) is 12.1 Å². The van der Waals surface area contributed by atoms with Gasteiger partial charge in [0.05, 0.1) is 6.61 Å². The maximum atomic E-state index is 6.00. The molecule has 0 amide bonds. The van der Waals surface area contributed by atoms with Crippen LogP contribution in [0.3, 0.4) is 0 Å². The lowest BCUT2D eigenvalue weighted by atomic mass is 9.96. The fourth-order valence-electron chi connectivity index (χ4n) is 0.841. The summed E-state index contributed by atoms with van der Waals surface area (Å²) in [6.45, 7) is 7.73. The lowest BCUT2D eigenvalue weighted by Gasteiger charge is -2.25. The molecule has 0 fully saturated rings. The smallest absolute Gasteiger partial charge is 0.146 e. The Bertz CT molecular complexity index is 103. The molecule has 0 aromatic rings. The highest BCUT2D eigenvalue weighted by Gasteiger charge is 2.19. The number of hydrogen-bond donors (Lipinski definition) is 1. The van der Waals surface area contributed by atoms with Crippen LogP contribution in [0.4, 0.5) is 0 Å². The topological polar surface area (TPSA) is 44.5 Å². The van der Waals surface area contributed by atoms with Gasteiger partial charge in [0.25, 0.3) is 0 Å². The fourth-order valence-corrected chi connectivity index (χ4v) is 0.841. The first-order valence-electron chi connectivity index (χ1n) is 4.63. The predicted molar refractivity (Wildman–Crippen MR) is 49.9 cm³/mol. The number of ether oxygens (including phenoxy) is 2. The first-order chi connectivity index (χ1) is 5.68. The van der Waals surface area contributed by atoms with Crippen molar-refractivity contribution in [2.75, 3.05) is 20.0 Å². The van der Waals surface area contributed by atoms with Crippen LogP contribution < -0.4 is 5.73 Å². The van der Waals surface area contributed by atoms with Crippen LogP contribution in [-0.2, 0) is 9.47 Å². The molecule has 0 unspecified atom stereocenters. The Hall–Kier alpha value is -0.120. The van der Waals surface area contributed by atoms with Crippen molar-refractivity contribution < 1.29 is 9.47 Å². The molecular formula is C9H21NO2. The summed E-state index contributed by atoms with van der Waals surface area (Å²) in [5, 5.41) is 0. The van der Waals surface area contributed by atoms with Crippen LogP contribution in [0.15, 0.2) is 0 Å². The molecule has 0 saturated carbocycles. The SMILES string of the molecule is CCOCOCC(N)(CC)CC. The zero-order chi connectivity index (χ0) is 9.45. The van der Waals surface area contributed by atoms with E-state index in [0.29, 0.717) is 20.0 Å². The summed E-state index contributed by atoms with van der Waals surface area (Å²) in [5.41, 5.74) is 5.83. The molecule has 0 heterocycles. The molecule has 0 aliphatic heterocycles. The lowest BCUT2D eigenvalue weighted by molar-refractivity contribution is -0.0653. The second kappa shape index (κ2) is 6.40. The van der Waals surface area contributed by atoms with Gasteiger partial charge in [-0.1, -0.05) is 13.8 Å². The van der Waals surface area contributed by atoms with Gasteiger partial charge in [-0.2, -0.15) is 0 Å². The average Bonchev–Trinajstić information content (AvgIpc) is 2.12. The van der Waals surface area contributed by atoms with Crippen molar-refractivity contribution in [3.63, 3.8) is 0 Å². The van der Waals surface area contributed by atoms with Gasteiger partial charge in [-0.15, -0.1) is 0 Å². The van der Waals surface area contributed by atoms with E-state index in [-0.39, 0.29) is 5.54 Å². The monoisotopic (exact) mass is 175 g/mol. The fraction of sp³-hybridized carbons (Fsp3) is 1.00. The third-order valence-corrected chi connectivity index (χ3v) is 2.17. The number of nitrogens with two attached hydrogens (primary N) is 1. The van der Waals surface area contributed by atoms with E-state index in [9.17, 15) is 0 Å². The van der Waals surface area contributed by atoms with Gasteiger partial charge >= 0.3 is 0 Å². The zero-order valence-electron chi connectivity index (χ0n) is 8.43. The first kappa shape index (κ1) is 11.9. The van der Waals surface area contributed by atoms with E-state index in [0.717, 1.165) is 12.8 Å². The molecule has 12 heavy (non-hydrogen) atoms. The van der Waals surface area contributed by atoms with E-state index < -0.39 is 0 Å². The largest absolute Gasteiger partial charge is 0.356 e. The summed E-state index contributed by atoms with van der Waals surface area (Å²) < 4.78 is 10.3. The number of rotatable bonds is 7. The molecule has 0 atom stereocenters. The van der Waals surface area contributed by atoms with Crippen LogP contribution in [0.25, 0.3) is 0 Å². The van der Waals surface area contributed by atoms with Gasteiger partial charge < -0.3 is 15.2 Å². The summed E-state index contributed by atoms with van der Waals surface area (Å²) in [5.74, 6) is 0. The molecule has 0 radical (unpaired) electrons. The highest BCUT2D eigenvalue weighted by molar-refractivity contribution is 4.79. The van der Waals surface area contributed by atoms with E-state index in [1.54, 1.807) is 0 Å². The van der Waals surface area contributed by atoms with Gasteiger partial charge in [-0.3, -0.25) is 0 Å². The second-order valence-corrected chi connectivity index (χ2v) is 3.03. The summed E-state index contributed by atoms with van der Waals surface area (Å²) in [7, 11) is 0. The van der Waals surface area contributed by atoms with Crippen molar-refractivity contribution >= 4 is 0 Å². The molecule has 0 aliphatic carbocycles. The Labute approximate surface area is 75.2 Å². The Kier molecular flexibility index (Phi) is 6.34. The summed E-state index contributed by atoms with van der Waals surface area (Å²) in [6.07, 6.45) is 1.88. The van der Waals surface area contributed by atoms with Gasteiger partial charge in [0.1, 0.15) is 6.79 Å². The van der Waals surface area contributed by atoms with E-state index in [4.69, 9.17) is 15.2 Å². The first-order valence-corrected chi connectivity index (χ1v) is 4.63. The molecule has 3 nitrogen and oxygen atoms in total. The van der Waals surface area contributed by atoms with Crippen LogP contribution in [0.1, 0.15) is 33.6 Å². The quantitative estimate of drug-likeness (QED) is 0.471. The lowest BCUT2D eigenvalue weighted by Crippen LogP contribution is -2.43.